The van der Waals surface area contributed by atoms with Crippen molar-refractivity contribution >= 4 is 17.4 Å². The van der Waals surface area contributed by atoms with Crippen molar-refractivity contribution in [3.63, 3.8) is 0 Å². The summed E-state index contributed by atoms with van der Waals surface area (Å²) >= 11 is 1.64. The fourth-order valence-corrected chi connectivity index (χ4v) is 3.80. The van der Waals surface area contributed by atoms with Gasteiger partial charge in [0.15, 0.2) is 0 Å². The number of rotatable bonds is 5. The average molecular weight is 288 g/mol. The lowest BCUT2D eigenvalue weighted by atomic mass is 9.83. The average Bonchev–Trinajstić information content (AvgIpc) is 2.52. The summed E-state index contributed by atoms with van der Waals surface area (Å²) in [5, 5.41) is 13.1. The molecule has 0 spiro atoms. The fourth-order valence-electron chi connectivity index (χ4n) is 3.23. The first-order valence-electron chi connectivity index (χ1n) is 7.63. The number of anilines is 1. The first-order chi connectivity index (χ1) is 9.80. The molecule has 2 nitrogen and oxygen atoms in total. The van der Waals surface area contributed by atoms with E-state index in [0.717, 1.165) is 28.5 Å². The van der Waals surface area contributed by atoms with Crippen LogP contribution in [0, 0.1) is 17.2 Å². The highest BCUT2D eigenvalue weighted by Gasteiger charge is 2.23. The monoisotopic (exact) mass is 288 g/mol. The van der Waals surface area contributed by atoms with Crippen molar-refractivity contribution in [3.8, 4) is 6.07 Å². The molecular weight excluding hydrogens is 264 g/mol. The fraction of sp³-hybridized carbons (Fsp3) is 0.588. The molecule has 1 N–H and O–H groups in total. The molecular formula is C17H24N2S. The molecule has 1 saturated carbocycles. The van der Waals surface area contributed by atoms with Crippen LogP contribution in [0.2, 0.25) is 0 Å². The number of benzene rings is 1. The van der Waals surface area contributed by atoms with Crippen molar-refractivity contribution in [3.05, 3.63) is 23.8 Å². The summed E-state index contributed by atoms with van der Waals surface area (Å²) in [5.41, 5.74) is 1.81. The molecule has 0 bridgehead atoms. The summed E-state index contributed by atoms with van der Waals surface area (Å²) in [4.78, 5) is 1.07. The van der Waals surface area contributed by atoms with Crippen LogP contribution >= 0.6 is 11.8 Å². The Labute approximate surface area is 127 Å². The summed E-state index contributed by atoms with van der Waals surface area (Å²) in [6.07, 6.45) is 9.92. The van der Waals surface area contributed by atoms with Gasteiger partial charge in [0.1, 0.15) is 6.07 Å². The Kier molecular flexibility index (Phi) is 5.79. The molecule has 0 aromatic heterocycles. The third-order valence-electron chi connectivity index (χ3n) is 4.36. The molecule has 1 unspecified atom stereocenters. The quantitative estimate of drug-likeness (QED) is 0.770. The summed E-state index contributed by atoms with van der Waals surface area (Å²) < 4.78 is 0. The number of thioether (sulfide) groups is 1. The minimum absolute atomic E-state index is 0.500. The van der Waals surface area contributed by atoms with Gasteiger partial charge < -0.3 is 5.32 Å². The highest BCUT2D eigenvalue weighted by Crippen LogP contribution is 2.32. The van der Waals surface area contributed by atoms with E-state index in [4.69, 9.17) is 0 Å². The minimum atomic E-state index is 0.500. The molecule has 3 heteroatoms. The Morgan fingerprint density at radius 3 is 2.70 bits per heavy atom. The summed E-state index contributed by atoms with van der Waals surface area (Å²) in [6.45, 7) is 2.25. The Balaban J connectivity index is 2.17. The predicted molar refractivity (Wildman–Crippen MR) is 87.2 cm³/mol. The maximum Gasteiger partial charge on any atom is 0.102 e. The SMILES string of the molecule is CCC(Nc1cccc(SC)c1C#N)C1CCCCC1. The first-order valence-corrected chi connectivity index (χ1v) is 8.86. The van der Waals surface area contributed by atoms with E-state index in [1.165, 1.54) is 32.1 Å². The first kappa shape index (κ1) is 15.3. The largest absolute Gasteiger partial charge is 0.381 e. The van der Waals surface area contributed by atoms with Gasteiger partial charge in [0.05, 0.1) is 11.3 Å². The van der Waals surface area contributed by atoms with Crippen molar-refractivity contribution in [2.45, 2.75) is 56.4 Å². The smallest absolute Gasteiger partial charge is 0.102 e. The Hall–Kier alpha value is -1.14. The predicted octanol–water partition coefficient (Wildman–Crippen LogP) is 5.05. The summed E-state index contributed by atoms with van der Waals surface area (Å²) in [7, 11) is 0. The highest BCUT2D eigenvalue weighted by atomic mass is 32.2. The molecule has 1 aliphatic rings. The molecule has 20 heavy (non-hydrogen) atoms. The van der Waals surface area contributed by atoms with Gasteiger partial charge in [-0.15, -0.1) is 11.8 Å². The van der Waals surface area contributed by atoms with Crippen LogP contribution in [0.15, 0.2) is 23.1 Å². The number of nitrogens with zero attached hydrogens (tertiary/aromatic N) is 1. The molecule has 0 aliphatic heterocycles. The molecule has 1 aromatic carbocycles. The van der Waals surface area contributed by atoms with Gasteiger partial charge in [0, 0.05) is 10.9 Å². The van der Waals surface area contributed by atoms with Crippen LogP contribution < -0.4 is 5.32 Å². The van der Waals surface area contributed by atoms with E-state index >= 15 is 0 Å². The Bertz CT molecular complexity index is 472. The van der Waals surface area contributed by atoms with E-state index in [9.17, 15) is 5.26 Å². The number of hydrogen-bond acceptors (Lipinski definition) is 3. The zero-order chi connectivity index (χ0) is 14.4. The van der Waals surface area contributed by atoms with Crippen LogP contribution in [0.4, 0.5) is 5.69 Å². The van der Waals surface area contributed by atoms with E-state index < -0.39 is 0 Å². The number of hydrogen-bond donors (Lipinski definition) is 1. The molecule has 1 aromatic rings. The highest BCUT2D eigenvalue weighted by molar-refractivity contribution is 7.98. The molecule has 0 saturated heterocycles. The molecule has 1 atom stereocenters. The van der Waals surface area contributed by atoms with Gasteiger partial charge in [-0.1, -0.05) is 32.3 Å². The summed E-state index contributed by atoms with van der Waals surface area (Å²) in [5.74, 6) is 0.762. The number of nitriles is 1. The van der Waals surface area contributed by atoms with Gasteiger partial charge in [0.2, 0.25) is 0 Å². The third-order valence-corrected chi connectivity index (χ3v) is 5.14. The molecule has 1 fully saturated rings. The zero-order valence-corrected chi connectivity index (χ0v) is 13.3. The lowest BCUT2D eigenvalue weighted by Crippen LogP contribution is -2.30. The second-order valence-corrected chi connectivity index (χ2v) is 6.40. The van der Waals surface area contributed by atoms with E-state index in [-0.39, 0.29) is 0 Å². The van der Waals surface area contributed by atoms with Crippen LogP contribution in [0.1, 0.15) is 51.0 Å². The molecule has 0 radical (unpaired) electrons. The van der Waals surface area contributed by atoms with Gasteiger partial charge in [-0.3, -0.25) is 0 Å². The molecule has 2 rings (SSSR count). The number of nitrogens with one attached hydrogen (secondary N) is 1. The van der Waals surface area contributed by atoms with E-state index in [1.807, 2.05) is 24.5 Å². The maximum atomic E-state index is 9.42. The van der Waals surface area contributed by atoms with E-state index in [2.05, 4.69) is 18.3 Å². The zero-order valence-electron chi connectivity index (χ0n) is 12.5. The van der Waals surface area contributed by atoms with Gasteiger partial charge in [-0.25, -0.2) is 0 Å². The van der Waals surface area contributed by atoms with Crippen molar-refractivity contribution in [1.82, 2.24) is 0 Å². The second-order valence-electron chi connectivity index (χ2n) is 5.55. The van der Waals surface area contributed by atoms with Crippen molar-refractivity contribution in [2.24, 2.45) is 5.92 Å². The Morgan fingerprint density at radius 1 is 1.35 bits per heavy atom. The minimum Gasteiger partial charge on any atom is -0.381 e. The molecule has 1 aliphatic carbocycles. The van der Waals surface area contributed by atoms with Gasteiger partial charge in [-0.05, 0) is 43.6 Å². The van der Waals surface area contributed by atoms with Crippen molar-refractivity contribution < 1.29 is 0 Å². The molecule has 0 amide bonds. The standard InChI is InChI=1S/C17H24N2S/c1-3-15(13-8-5-4-6-9-13)19-16-10-7-11-17(20-2)14(16)12-18/h7,10-11,13,15,19H,3-6,8-9H2,1-2H3. The van der Waals surface area contributed by atoms with Gasteiger partial charge >= 0.3 is 0 Å². The van der Waals surface area contributed by atoms with Crippen LogP contribution in [0.25, 0.3) is 0 Å². The lowest BCUT2D eigenvalue weighted by molar-refractivity contribution is 0.313. The van der Waals surface area contributed by atoms with Crippen molar-refractivity contribution in [2.75, 3.05) is 11.6 Å². The summed E-state index contributed by atoms with van der Waals surface area (Å²) in [6, 6.07) is 8.98. The van der Waals surface area contributed by atoms with Gasteiger partial charge in [0.25, 0.3) is 0 Å². The Morgan fingerprint density at radius 2 is 2.10 bits per heavy atom. The molecule has 108 valence electrons. The van der Waals surface area contributed by atoms with E-state index in [0.29, 0.717) is 6.04 Å². The van der Waals surface area contributed by atoms with Gasteiger partial charge in [-0.2, -0.15) is 5.26 Å². The topological polar surface area (TPSA) is 35.8 Å². The van der Waals surface area contributed by atoms with Crippen LogP contribution in [0.3, 0.4) is 0 Å². The van der Waals surface area contributed by atoms with Crippen LogP contribution in [0.5, 0.6) is 0 Å². The molecule has 0 heterocycles. The van der Waals surface area contributed by atoms with Crippen LogP contribution in [-0.2, 0) is 0 Å². The normalized spacial score (nSPS) is 17.4. The second kappa shape index (κ2) is 7.59. The third kappa shape index (κ3) is 3.49. The lowest BCUT2D eigenvalue weighted by Gasteiger charge is -2.31. The van der Waals surface area contributed by atoms with E-state index in [1.54, 1.807) is 11.8 Å². The van der Waals surface area contributed by atoms with Crippen molar-refractivity contribution in [1.29, 1.82) is 5.26 Å². The van der Waals surface area contributed by atoms with Crippen LogP contribution in [-0.4, -0.2) is 12.3 Å². The maximum absolute atomic E-state index is 9.42.